The second-order valence-corrected chi connectivity index (χ2v) is 5.71. The molecule has 2 aromatic carbocycles. The molecule has 1 aliphatic rings. The monoisotopic (exact) mass is 338 g/mol. The quantitative estimate of drug-likeness (QED) is 0.542. The first-order valence-corrected chi connectivity index (χ1v) is 8.11. The number of benzene rings is 2. The summed E-state index contributed by atoms with van der Waals surface area (Å²) in [5.74, 6) is 1.13. The molecule has 0 amide bonds. The SMILES string of the molecule is CCc1cc2ccccc2c(=O)o1.O=C1CCc2ccc(O)cc2O1. The number of hydrogen-bond acceptors (Lipinski definition) is 5. The largest absolute Gasteiger partial charge is 0.508 e. The fraction of sp³-hybridized carbons (Fsp3) is 0.200. The highest BCUT2D eigenvalue weighted by atomic mass is 16.5. The first-order valence-electron chi connectivity index (χ1n) is 8.11. The molecule has 128 valence electrons. The Kier molecular flexibility index (Phi) is 4.84. The molecule has 0 saturated carbocycles. The van der Waals surface area contributed by atoms with Crippen molar-refractivity contribution < 1.29 is 19.1 Å². The first-order chi connectivity index (χ1) is 12.1. The normalized spacial score (nSPS) is 12.8. The van der Waals surface area contributed by atoms with Gasteiger partial charge in [0.2, 0.25) is 0 Å². The van der Waals surface area contributed by atoms with Gasteiger partial charge in [-0.25, -0.2) is 4.79 Å². The molecule has 4 rings (SSSR count). The van der Waals surface area contributed by atoms with Crippen LogP contribution in [-0.2, 0) is 17.6 Å². The number of rotatable bonds is 1. The molecule has 3 aromatic rings. The van der Waals surface area contributed by atoms with Crippen LogP contribution in [0.25, 0.3) is 10.8 Å². The number of carbonyl (C=O) groups excluding carboxylic acids is 1. The highest BCUT2D eigenvalue weighted by Crippen LogP contribution is 2.28. The Labute approximate surface area is 144 Å². The second-order valence-electron chi connectivity index (χ2n) is 5.71. The molecule has 0 spiro atoms. The van der Waals surface area contributed by atoms with Crippen LogP contribution in [-0.4, -0.2) is 11.1 Å². The minimum atomic E-state index is -0.241. The molecule has 0 radical (unpaired) electrons. The van der Waals surface area contributed by atoms with Gasteiger partial charge in [0.25, 0.3) is 0 Å². The number of carbonyl (C=O) groups is 1. The third-order valence-electron chi connectivity index (χ3n) is 3.94. The number of ether oxygens (including phenoxy) is 1. The van der Waals surface area contributed by atoms with Crippen LogP contribution < -0.4 is 10.4 Å². The molecule has 1 aliphatic heterocycles. The van der Waals surface area contributed by atoms with E-state index in [1.54, 1.807) is 18.2 Å². The van der Waals surface area contributed by atoms with Gasteiger partial charge in [-0.1, -0.05) is 31.2 Å². The van der Waals surface area contributed by atoms with Crippen molar-refractivity contribution in [2.75, 3.05) is 0 Å². The number of esters is 1. The van der Waals surface area contributed by atoms with Gasteiger partial charge in [0.1, 0.15) is 17.3 Å². The maximum Gasteiger partial charge on any atom is 0.343 e. The Balaban J connectivity index is 0.000000146. The van der Waals surface area contributed by atoms with E-state index < -0.39 is 0 Å². The van der Waals surface area contributed by atoms with Crippen LogP contribution in [0.5, 0.6) is 11.5 Å². The minimum absolute atomic E-state index is 0.128. The maximum absolute atomic E-state index is 11.4. The Morgan fingerprint density at radius 2 is 1.84 bits per heavy atom. The van der Waals surface area contributed by atoms with Gasteiger partial charge in [-0.2, -0.15) is 0 Å². The zero-order valence-corrected chi connectivity index (χ0v) is 13.8. The minimum Gasteiger partial charge on any atom is -0.508 e. The number of aryl methyl sites for hydroxylation is 2. The highest BCUT2D eigenvalue weighted by Gasteiger charge is 2.16. The van der Waals surface area contributed by atoms with Crippen LogP contribution in [0.2, 0.25) is 0 Å². The summed E-state index contributed by atoms with van der Waals surface area (Å²) < 4.78 is 10.00. The molecule has 0 unspecified atom stereocenters. The van der Waals surface area contributed by atoms with Crippen LogP contribution in [0.15, 0.2) is 57.7 Å². The fourth-order valence-corrected chi connectivity index (χ4v) is 2.62. The molecular weight excluding hydrogens is 320 g/mol. The summed E-state index contributed by atoms with van der Waals surface area (Å²) in [5.41, 5.74) is 0.738. The number of hydrogen-bond donors (Lipinski definition) is 1. The van der Waals surface area contributed by atoms with Crippen molar-refractivity contribution in [2.45, 2.75) is 26.2 Å². The number of fused-ring (bicyclic) bond motifs is 2. The van der Waals surface area contributed by atoms with Crippen molar-refractivity contribution in [2.24, 2.45) is 0 Å². The topological polar surface area (TPSA) is 76.7 Å². The third-order valence-corrected chi connectivity index (χ3v) is 3.94. The summed E-state index contributed by atoms with van der Waals surface area (Å²) in [4.78, 5) is 22.2. The maximum atomic E-state index is 11.4. The molecule has 0 bridgehead atoms. The summed E-state index contributed by atoms with van der Waals surface area (Å²) >= 11 is 0. The molecule has 0 fully saturated rings. The first kappa shape index (κ1) is 16.8. The summed E-state index contributed by atoms with van der Waals surface area (Å²) in [6.07, 6.45) is 1.88. The predicted molar refractivity (Wildman–Crippen MR) is 93.9 cm³/mol. The van der Waals surface area contributed by atoms with E-state index >= 15 is 0 Å². The Hall–Kier alpha value is -3.08. The lowest BCUT2D eigenvalue weighted by Gasteiger charge is -2.14. The smallest absolute Gasteiger partial charge is 0.343 e. The van der Waals surface area contributed by atoms with E-state index in [4.69, 9.17) is 14.3 Å². The van der Waals surface area contributed by atoms with Crippen LogP contribution in [0.1, 0.15) is 24.7 Å². The summed E-state index contributed by atoms with van der Waals surface area (Å²) in [6, 6.07) is 14.2. The molecule has 1 N–H and O–H groups in total. The standard InChI is InChI=1S/C11H10O2.C9H8O3/c1-2-9-7-8-5-3-4-6-10(8)11(12)13-9;10-7-3-1-6-2-4-9(11)12-8(6)5-7/h3-7H,2H2,1H3;1,3,5,10H,2,4H2. The summed E-state index contributed by atoms with van der Waals surface area (Å²) in [6.45, 7) is 1.97. The van der Waals surface area contributed by atoms with Gasteiger partial charge in [-0.05, 0) is 35.6 Å². The van der Waals surface area contributed by atoms with E-state index in [0.29, 0.717) is 24.0 Å². The van der Waals surface area contributed by atoms with Crippen LogP contribution in [0.4, 0.5) is 0 Å². The lowest BCUT2D eigenvalue weighted by atomic mass is 10.1. The van der Waals surface area contributed by atoms with E-state index in [1.807, 2.05) is 31.2 Å². The third kappa shape index (κ3) is 3.88. The fourth-order valence-electron chi connectivity index (χ4n) is 2.62. The van der Waals surface area contributed by atoms with Gasteiger partial charge < -0.3 is 14.3 Å². The molecule has 1 aromatic heterocycles. The van der Waals surface area contributed by atoms with Gasteiger partial charge in [-0.15, -0.1) is 0 Å². The molecule has 25 heavy (non-hydrogen) atoms. The Morgan fingerprint density at radius 3 is 2.64 bits per heavy atom. The number of phenols is 1. The molecule has 2 heterocycles. The Morgan fingerprint density at radius 1 is 1.04 bits per heavy atom. The van der Waals surface area contributed by atoms with Crippen molar-refractivity contribution in [1.29, 1.82) is 0 Å². The number of aromatic hydroxyl groups is 1. The van der Waals surface area contributed by atoms with Gasteiger partial charge in [-0.3, -0.25) is 4.79 Å². The zero-order valence-electron chi connectivity index (χ0n) is 13.8. The second kappa shape index (κ2) is 7.21. The molecule has 5 heteroatoms. The van der Waals surface area contributed by atoms with E-state index in [9.17, 15) is 9.59 Å². The number of phenolic OH excluding ortho intramolecular Hbond substituents is 1. The van der Waals surface area contributed by atoms with Crippen LogP contribution in [0.3, 0.4) is 0 Å². The predicted octanol–water partition coefficient (Wildman–Crippen LogP) is 3.60. The van der Waals surface area contributed by atoms with E-state index in [2.05, 4.69) is 0 Å². The van der Waals surface area contributed by atoms with Crippen molar-refractivity contribution in [3.8, 4) is 11.5 Å². The molecule has 0 saturated heterocycles. The summed E-state index contributed by atoms with van der Waals surface area (Å²) in [7, 11) is 0. The average Bonchev–Trinajstić information content (AvgIpc) is 2.62. The zero-order chi connectivity index (χ0) is 17.8. The van der Waals surface area contributed by atoms with Crippen molar-refractivity contribution >= 4 is 16.7 Å². The van der Waals surface area contributed by atoms with E-state index in [0.717, 1.165) is 23.1 Å². The summed E-state index contributed by atoms with van der Waals surface area (Å²) in [5, 5.41) is 10.7. The highest BCUT2D eigenvalue weighted by molar-refractivity contribution is 5.81. The van der Waals surface area contributed by atoms with Gasteiger partial charge >= 0.3 is 11.6 Å². The van der Waals surface area contributed by atoms with Crippen LogP contribution >= 0.6 is 0 Å². The van der Waals surface area contributed by atoms with Crippen molar-refractivity contribution in [3.63, 3.8) is 0 Å². The lowest BCUT2D eigenvalue weighted by molar-refractivity contribution is -0.135. The van der Waals surface area contributed by atoms with E-state index in [-0.39, 0.29) is 17.3 Å². The molecule has 0 aliphatic carbocycles. The molecule has 5 nitrogen and oxygen atoms in total. The van der Waals surface area contributed by atoms with E-state index in [1.165, 1.54) is 6.07 Å². The molecule has 0 atom stereocenters. The Bertz CT molecular complexity index is 971. The van der Waals surface area contributed by atoms with Crippen molar-refractivity contribution in [1.82, 2.24) is 0 Å². The molecular formula is C20H18O5. The van der Waals surface area contributed by atoms with Gasteiger partial charge in [0.05, 0.1) is 11.8 Å². The van der Waals surface area contributed by atoms with Crippen LogP contribution in [0, 0.1) is 0 Å². The average molecular weight is 338 g/mol. The van der Waals surface area contributed by atoms with Gasteiger partial charge in [0, 0.05) is 12.5 Å². The van der Waals surface area contributed by atoms with Gasteiger partial charge in [0.15, 0.2) is 0 Å². The van der Waals surface area contributed by atoms with Crippen molar-refractivity contribution in [3.05, 3.63) is 70.3 Å². The lowest BCUT2D eigenvalue weighted by Crippen LogP contribution is -2.15.